The van der Waals surface area contributed by atoms with E-state index in [-0.39, 0.29) is 11.8 Å². The maximum Gasteiger partial charge on any atom is 0.242 e. The number of rotatable bonds is 4. The number of ether oxygens (including phenoxy) is 1. The number of thiophene rings is 1. The third-order valence-corrected chi connectivity index (χ3v) is 6.45. The van der Waals surface area contributed by atoms with Crippen molar-refractivity contribution in [3.05, 3.63) is 68.8 Å². The van der Waals surface area contributed by atoms with Crippen molar-refractivity contribution in [1.82, 2.24) is 0 Å². The zero-order valence-corrected chi connectivity index (χ0v) is 17.9. The minimum Gasteiger partial charge on any atom is -0.497 e. The molecular formula is C23H23NO4S. The molecule has 1 saturated heterocycles. The van der Waals surface area contributed by atoms with Crippen LogP contribution in [0, 0.1) is 27.7 Å². The van der Waals surface area contributed by atoms with Gasteiger partial charge in [0.2, 0.25) is 11.8 Å². The van der Waals surface area contributed by atoms with E-state index in [0.29, 0.717) is 17.2 Å². The Morgan fingerprint density at radius 3 is 2.03 bits per heavy atom. The first-order valence-corrected chi connectivity index (χ1v) is 10.3. The molecule has 1 aromatic carbocycles. The van der Waals surface area contributed by atoms with Crippen molar-refractivity contribution >= 4 is 28.8 Å². The highest BCUT2D eigenvalue weighted by molar-refractivity contribution is 7.12. The molecule has 1 aliphatic heterocycles. The van der Waals surface area contributed by atoms with Gasteiger partial charge in [-0.15, -0.1) is 11.3 Å². The first kappa shape index (κ1) is 19.5. The smallest absolute Gasteiger partial charge is 0.242 e. The molecule has 0 N–H and O–H groups in total. The van der Waals surface area contributed by atoms with Crippen molar-refractivity contribution in [3.8, 4) is 5.75 Å². The number of aryl methyl sites for hydroxylation is 4. The lowest BCUT2D eigenvalue weighted by atomic mass is 9.83. The summed E-state index contributed by atoms with van der Waals surface area (Å²) in [4.78, 5) is 30.6. The Hall–Kier alpha value is -2.86. The number of benzene rings is 1. The second-order valence-corrected chi connectivity index (χ2v) is 8.86. The molecular weight excluding hydrogens is 386 g/mol. The Labute approximate surface area is 173 Å². The fraction of sp³-hybridized carbons (Fsp3) is 0.304. The molecule has 0 bridgehead atoms. The highest BCUT2D eigenvalue weighted by Gasteiger charge is 2.51. The van der Waals surface area contributed by atoms with Crippen LogP contribution in [0.5, 0.6) is 5.75 Å². The fourth-order valence-electron chi connectivity index (χ4n) is 4.20. The van der Waals surface area contributed by atoms with Gasteiger partial charge in [-0.1, -0.05) is 0 Å². The molecule has 0 saturated carbocycles. The van der Waals surface area contributed by atoms with Gasteiger partial charge in [0.1, 0.15) is 17.3 Å². The third-order valence-electron chi connectivity index (χ3n) is 5.47. The maximum absolute atomic E-state index is 13.6. The normalized spacial score (nSPS) is 19.3. The molecule has 1 fully saturated rings. The fourth-order valence-corrected chi connectivity index (χ4v) is 5.17. The van der Waals surface area contributed by atoms with Crippen molar-refractivity contribution in [2.45, 2.75) is 39.5 Å². The number of carbonyl (C=O) groups excluding carboxylic acids is 2. The number of amides is 2. The van der Waals surface area contributed by atoms with Crippen LogP contribution in [0.1, 0.15) is 44.2 Å². The maximum atomic E-state index is 13.6. The SMILES string of the molecule is COc1ccc(N2C(=O)C(c3cc(C)oc3C)C(c3cc(C)sc3C)C2=O)cc1. The summed E-state index contributed by atoms with van der Waals surface area (Å²) in [7, 11) is 1.58. The largest absolute Gasteiger partial charge is 0.497 e. The van der Waals surface area contributed by atoms with E-state index in [9.17, 15) is 9.59 Å². The molecule has 2 aromatic heterocycles. The number of imide groups is 1. The van der Waals surface area contributed by atoms with Crippen LogP contribution in [0.25, 0.3) is 0 Å². The number of furan rings is 1. The first-order valence-electron chi connectivity index (χ1n) is 9.47. The lowest BCUT2D eigenvalue weighted by Gasteiger charge is -2.15. The van der Waals surface area contributed by atoms with Crippen LogP contribution < -0.4 is 9.64 Å². The monoisotopic (exact) mass is 409 g/mol. The van der Waals surface area contributed by atoms with Crippen molar-refractivity contribution in [2.75, 3.05) is 12.0 Å². The Kier molecular flexibility index (Phi) is 4.82. The minimum absolute atomic E-state index is 0.204. The summed E-state index contributed by atoms with van der Waals surface area (Å²) < 4.78 is 10.9. The topological polar surface area (TPSA) is 59.8 Å². The molecule has 5 nitrogen and oxygen atoms in total. The van der Waals surface area contributed by atoms with E-state index in [1.54, 1.807) is 42.7 Å². The first-order chi connectivity index (χ1) is 13.8. The summed E-state index contributed by atoms with van der Waals surface area (Å²) in [6.07, 6.45) is 0. The van der Waals surface area contributed by atoms with Gasteiger partial charge in [-0.25, -0.2) is 4.90 Å². The van der Waals surface area contributed by atoms with Crippen molar-refractivity contribution in [1.29, 1.82) is 0 Å². The molecule has 2 unspecified atom stereocenters. The third kappa shape index (κ3) is 3.17. The average molecular weight is 410 g/mol. The zero-order valence-electron chi connectivity index (χ0n) is 17.1. The lowest BCUT2D eigenvalue weighted by Crippen LogP contribution is -2.30. The van der Waals surface area contributed by atoms with Crippen LogP contribution in [0.3, 0.4) is 0 Å². The number of hydrogen-bond acceptors (Lipinski definition) is 5. The summed E-state index contributed by atoms with van der Waals surface area (Å²) in [5.41, 5.74) is 2.26. The van der Waals surface area contributed by atoms with E-state index in [0.717, 1.165) is 26.6 Å². The molecule has 3 heterocycles. The second-order valence-electron chi connectivity index (χ2n) is 7.40. The second kappa shape index (κ2) is 7.19. The molecule has 0 spiro atoms. The van der Waals surface area contributed by atoms with E-state index >= 15 is 0 Å². The molecule has 0 aliphatic carbocycles. The Morgan fingerprint density at radius 2 is 1.55 bits per heavy atom. The number of anilines is 1. The van der Waals surface area contributed by atoms with Crippen molar-refractivity contribution in [2.24, 2.45) is 0 Å². The van der Waals surface area contributed by atoms with E-state index < -0.39 is 11.8 Å². The number of nitrogens with zero attached hydrogens (tertiary/aromatic N) is 1. The van der Waals surface area contributed by atoms with Gasteiger partial charge in [-0.05, 0) is 69.7 Å². The summed E-state index contributed by atoms with van der Waals surface area (Å²) >= 11 is 1.65. The molecule has 29 heavy (non-hydrogen) atoms. The van der Waals surface area contributed by atoms with Crippen LogP contribution in [0.15, 0.2) is 40.8 Å². The lowest BCUT2D eigenvalue weighted by molar-refractivity contribution is -0.121. The molecule has 0 radical (unpaired) electrons. The van der Waals surface area contributed by atoms with Crippen molar-refractivity contribution in [3.63, 3.8) is 0 Å². The molecule has 6 heteroatoms. The molecule has 2 atom stereocenters. The number of carbonyl (C=O) groups is 2. The van der Waals surface area contributed by atoms with Gasteiger partial charge in [-0.3, -0.25) is 9.59 Å². The molecule has 4 rings (SSSR count). The standard InChI is InChI=1S/C23H23NO4S/c1-12-10-18(14(3)28-12)20-21(19-11-13(2)29-15(19)4)23(26)24(22(20)25)16-6-8-17(27-5)9-7-16/h6-11,20-21H,1-5H3. The van der Waals surface area contributed by atoms with Crippen LogP contribution in [0.2, 0.25) is 0 Å². The summed E-state index contributed by atoms with van der Waals surface area (Å²) in [6, 6.07) is 10.9. The zero-order chi connectivity index (χ0) is 20.9. The Bertz CT molecular complexity index is 1030. The van der Waals surface area contributed by atoms with Gasteiger partial charge < -0.3 is 9.15 Å². The van der Waals surface area contributed by atoms with E-state index in [2.05, 4.69) is 0 Å². The molecule has 2 amide bonds. The summed E-state index contributed by atoms with van der Waals surface area (Å²) in [5.74, 6) is 0.491. The highest BCUT2D eigenvalue weighted by atomic mass is 32.1. The van der Waals surface area contributed by atoms with Gasteiger partial charge in [-0.2, -0.15) is 0 Å². The van der Waals surface area contributed by atoms with Gasteiger partial charge in [0.05, 0.1) is 24.6 Å². The van der Waals surface area contributed by atoms with Crippen molar-refractivity contribution < 1.29 is 18.7 Å². The number of methoxy groups -OCH3 is 1. The number of hydrogen-bond donors (Lipinski definition) is 0. The van der Waals surface area contributed by atoms with Gasteiger partial charge in [0.15, 0.2) is 0 Å². The van der Waals surface area contributed by atoms with E-state index in [1.165, 1.54) is 4.90 Å². The minimum atomic E-state index is -0.602. The van der Waals surface area contributed by atoms with Crippen LogP contribution in [-0.2, 0) is 9.59 Å². The van der Waals surface area contributed by atoms with Gasteiger partial charge in [0.25, 0.3) is 0 Å². The van der Waals surface area contributed by atoms with E-state index in [4.69, 9.17) is 9.15 Å². The average Bonchev–Trinajstić information content (AvgIpc) is 3.27. The summed E-state index contributed by atoms with van der Waals surface area (Å²) in [5, 5.41) is 0. The van der Waals surface area contributed by atoms with Crippen LogP contribution in [-0.4, -0.2) is 18.9 Å². The molecule has 3 aromatic rings. The summed E-state index contributed by atoms with van der Waals surface area (Å²) in [6.45, 7) is 7.73. The highest BCUT2D eigenvalue weighted by Crippen LogP contribution is 2.47. The predicted octanol–water partition coefficient (Wildman–Crippen LogP) is 5.02. The van der Waals surface area contributed by atoms with Crippen LogP contribution in [0.4, 0.5) is 5.69 Å². The Morgan fingerprint density at radius 1 is 0.931 bits per heavy atom. The quantitative estimate of drug-likeness (QED) is 0.568. The van der Waals surface area contributed by atoms with Gasteiger partial charge in [0, 0.05) is 15.3 Å². The van der Waals surface area contributed by atoms with Crippen LogP contribution >= 0.6 is 11.3 Å². The molecule has 150 valence electrons. The predicted molar refractivity (Wildman–Crippen MR) is 113 cm³/mol. The van der Waals surface area contributed by atoms with Gasteiger partial charge >= 0.3 is 0 Å². The Balaban J connectivity index is 1.86. The molecule has 1 aliphatic rings. The van der Waals surface area contributed by atoms with E-state index in [1.807, 2.05) is 39.8 Å².